The molecule has 0 radical (unpaired) electrons. The Morgan fingerprint density at radius 1 is 1.35 bits per heavy atom. The summed E-state index contributed by atoms with van der Waals surface area (Å²) in [4.78, 5) is 10.7. The Balaban J connectivity index is 1.89. The minimum Gasteiger partial charge on any atom is -0.381 e. The van der Waals surface area contributed by atoms with Crippen molar-refractivity contribution < 1.29 is 9.66 Å². The molecule has 1 aliphatic carbocycles. The molecule has 2 fully saturated rings. The molecule has 2 aliphatic rings. The molecule has 1 aromatic rings. The number of nitrogens with zero attached hydrogens (tertiary/aromatic N) is 3. The predicted octanol–water partition coefficient (Wildman–Crippen LogP) is 2.02. The minimum absolute atomic E-state index is 0.194. The van der Waals surface area contributed by atoms with Gasteiger partial charge in [0.05, 0.1) is 11.0 Å². The molecule has 1 aliphatic heterocycles. The first-order valence-corrected chi connectivity index (χ1v) is 6.07. The molecule has 3 rings (SSSR count). The fourth-order valence-corrected chi connectivity index (χ4v) is 2.32. The lowest BCUT2D eigenvalue weighted by Crippen LogP contribution is -2.20. The Bertz CT molecular complexity index is 433. The van der Waals surface area contributed by atoms with Gasteiger partial charge in [-0.05, 0) is 25.7 Å². The maximum absolute atomic E-state index is 11.0. The summed E-state index contributed by atoms with van der Waals surface area (Å²) in [7, 11) is 0. The van der Waals surface area contributed by atoms with E-state index in [1.807, 2.05) is 0 Å². The zero-order chi connectivity index (χ0) is 11.8. The van der Waals surface area contributed by atoms with Crippen LogP contribution in [-0.4, -0.2) is 27.9 Å². The van der Waals surface area contributed by atoms with Crippen LogP contribution in [0.2, 0.25) is 0 Å². The quantitative estimate of drug-likeness (QED) is 0.595. The molecule has 0 bridgehead atoms. The summed E-state index contributed by atoms with van der Waals surface area (Å²) in [5, 5.41) is 15.4. The number of aromatic nitrogens is 2. The van der Waals surface area contributed by atoms with Crippen molar-refractivity contribution in [2.24, 2.45) is 0 Å². The van der Waals surface area contributed by atoms with Crippen LogP contribution in [0.3, 0.4) is 0 Å². The highest BCUT2D eigenvalue weighted by molar-refractivity contribution is 5.37. The van der Waals surface area contributed by atoms with Crippen LogP contribution in [0, 0.1) is 10.1 Å². The largest absolute Gasteiger partial charge is 0.381 e. The molecule has 17 heavy (non-hydrogen) atoms. The molecule has 6 nitrogen and oxygen atoms in total. The van der Waals surface area contributed by atoms with Crippen LogP contribution in [0.5, 0.6) is 0 Å². The lowest BCUT2D eigenvalue weighted by molar-refractivity contribution is -0.385. The van der Waals surface area contributed by atoms with E-state index < -0.39 is 0 Å². The first-order chi connectivity index (χ1) is 8.25. The van der Waals surface area contributed by atoms with Gasteiger partial charge in [-0.2, -0.15) is 5.10 Å². The Hall–Kier alpha value is -1.43. The van der Waals surface area contributed by atoms with Crippen molar-refractivity contribution in [3.05, 3.63) is 22.0 Å². The number of ether oxygens (including phenoxy) is 1. The second-order valence-corrected chi connectivity index (χ2v) is 4.75. The van der Waals surface area contributed by atoms with Gasteiger partial charge in [-0.25, -0.2) is 0 Å². The van der Waals surface area contributed by atoms with Gasteiger partial charge in [-0.3, -0.25) is 14.8 Å². The molecule has 0 spiro atoms. The van der Waals surface area contributed by atoms with Gasteiger partial charge >= 0.3 is 5.69 Å². The normalized spacial score (nSPS) is 21.6. The summed E-state index contributed by atoms with van der Waals surface area (Å²) in [6.45, 7) is 1.44. The summed E-state index contributed by atoms with van der Waals surface area (Å²) in [5.74, 6) is 0.316. The maximum atomic E-state index is 11.0. The third-order valence-corrected chi connectivity index (χ3v) is 3.47. The predicted molar refractivity (Wildman–Crippen MR) is 59.9 cm³/mol. The molecule has 92 valence electrons. The first-order valence-electron chi connectivity index (χ1n) is 6.07. The van der Waals surface area contributed by atoms with E-state index in [0.29, 0.717) is 11.6 Å². The maximum Gasteiger partial charge on any atom is 0.310 e. The summed E-state index contributed by atoms with van der Waals surface area (Å²) in [5.41, 5.74) is 0.875. The van der Waals surface area contributed by atoms with Gasteiger partial charge in [0.25, 0.3) is 0 Å². The average Bonchev–Trinajstić information content (AvgIpc) is 3.09. The van der Waals surface area contributed by atoms with E-state index in [1.165, 1.54) is 0 Å². The number of hydrogen-bond donors (Lipinski definition) is 0. The van der Waals surface area contributed by atoms with Crippen LogP contribution < -0.4 is 0 Å². The van der Waals surface area contributed by atoms with Crippen LogP contribution in [-0.2, 0) is 4.74 Å². The molecule has 0 N–H and O–H groups in total. The Morgan fingerprint density at radius 2 is 2.06 bits per heavy atom. The second-order valence-electron chi connectivity index (χ2n) is 4.75. The number of rotatable bonds is 3. The van der Waals surface area contributed by atoms with Gasteiger partial charge in [0.1, 0.15) is 11.9 Å². The molecule has 0 aromatic carbocycles. The van der Waals surface area contributed by atoms with E-state index >= 15 is 0 Å². The molecular weight excluding hydrogens is 222 g/mol. The summed E-state index contributed by atoms with van der Waals surface area (Å²) in [6.07, 6.45) is 5.45. The van der Waals surface area contributed by atoms with E-state index in [2.05, 4.69) is 5.10 Å². The molecule has 0 amide bonds. The Kier molecular flexibility index (Phi) is 2.58. The number of nitro groups is 1. The van der Waals surface area contributed by atoms with Gasteiger partial charge in [0.2, 0.25) is 0 Å². The Labute approximate surface area is 98.7 Å². The van der Waals surface area contributed by atoms with E-state index in [1.54, 1.807) is 10.9 Å². The van der Waals surface area contributed by atoms with Crippen LogP contribution in [0.4, 0.5) is 5.69 Å². The zero-order valence-corrected chi connectivity index (χ0v) is 9.54. The Morgan fingerprint density at radius 3 is 2.65 bits per heavy atom. The molecule has 0 atom stereocenters. The van der Waals surface area contributed by atoms with Crippen LogP contribution in [0.1, 0.15) is 43.3 Å². The van der Waals surface area contributed by atoms with Crippen LogP contribution >= 0.6 is 0 Å². The zero-order valence-electron chi connectivity index (χ0n) is 9.54. The van der Waals surface area contributed by atoms with Gasteiger partial charge in [0, 0.05) is 19.1 Å². The summed E-state index contributed by atoms with van der Waals surface area (Å²) >= 11 is 0. The topological polar surface area (TPSA) is 70.2 Å². The lowest BCUT2D eigenvalue weighted by atomic mass is 10.1. The molecule has 2 heterocycles. The molecule has 1 saturated carbocycles. The molecule has 1 saturated heterocycles. The van der Waals surface area contributed by atoms with Gasteiger partial charge in [0.15, 0.2) is 0 Å². The van der Waals surface area contributed by atoms with E-state index in [4.69, 9.17) is 4.74 Å². The lowest BCUT2D eigenvalue weighted by Gasteiger charge is -2.21. The highest BCUT2D eigenvalue weighted by Crippen LogP contribution is 2.43. The third kappa shape index (κ3) is 2.04. The highest BCUT2D eigenvalue weighted by Gasteiger charge is 2.35. The van der Waals surface area contributed by atoms with Gasteiger partial charge in [-0.15, -0.1) is 0 Å². The monoisotopic (exact) mass is 237 g/mol. The van der Waals surface area contributed by atoms with Gasteiger partial charge < -0.3 is 4.74 Å². The molecule has 6 heteroatoms. The second kappa shape index (κ2) is 4.10. The highest BCUT2D eigenvalue weighted by atomic mass is 16.6. The van der Waals surface area contributed by atoms with E-state index in [0.717, 1.165) is 38.9 Å². The van der Waals surface area contributed by atoms with Crippen LogP contribution in [0.25, 0.3) is 0 Å². The van der Waals surface area contributed by atoms with Crippen molar-refractivity contribution in [3.8, 4) is 0 Å². The van der Waals surface area contributed by atoms with Crippen LogP contribution in [0.15, 0.2) is 6.20 Å². The fraction of sp³-hybridized carbons (Fsp3) is 0.727. The van der Waals surface area contributed by atoms with Crippen molar-refractivity contribution in [1.29, 1.82) is 0 Å². The molecule has 0 unspecified atom stereocenters. The van der Waals surface area contributed by atoms with Crippen molar-refractivity contribution in [2.45, 2.75) is 37.6 Å². The molecular formula is C11H15N3O3. The standard InChI is InChI=1S/C11H15N3O3/c15-14(16)10-7-13(9-3-5-17-6-4-9)12-11(10)8-1-2-8/h7-9H,1-6H2. The van der Waals surface area contributed by atoms with Crippen molar-refractivity contribution in [3.63, 3.8) is 0 Å². The number of hydrogen-bond acceptors (Lipinski definition) is 4. The fourth-order valence-electron chi connectivity index (χ4n) is 2.32. The third-order valence-electron chi connectivity index (χ3n) is 3.47. The first kappa shape index (κ1) is 10.7. The van der Waals surface area contributed by atoms with E-state index in [9.17, 15) is 10.1 Å². The van der Waals surface area contributed by atoms with Gasteiger partial charge in [-0.1, -0.05) is 0 Å². The van der Waals surface area contributed by atoms with Crippen molar-refractivity contribution in [1.82, 2.24) is 9.78 Å². The van der Waals surface area contributed by atoms with Crippen molar-refractivity contribution >= 4 is 5.69 Å². The summed E-state index contributed by atoms with van der Waals surface area (Å²) < 4.78 is 7.08. The molecule has 1 aromatic heterocycles. The smallest absolute Gasteiger partial charge is 0.310 e. The average molecular weight is 237 g/mol. The summed E-state index contributed by atoms with van der Waals surface area (Å²) in [6, 6.07) is 0.259. The van der Waals surface area contributed by atoms with E-state index in [-0.39, 0.29) is 16.7 Å². The van der Waals surface area contributed by atoms with Crippen molar-refractivity contribution in [2.75, 3.05) is 13.2 Å². The minimum atomic E-state index is -0.309. The SMILES string of the molecule is O=[N+]([O-])c1cn(C2CCOCC2)nc1C1CC1.